The highest BCUT2D eigenvalue weighted by Gasteiger charge is 2.36. The third-order valence-electron chi connectivity index (χ3n) is 3.84. The lowest BCUT2D eigenvalue weighted by molar-refractivity contribution is -0.143. The maximum Gasteiger partial charge on any atom is 0.241 e. The van der Waals surface area contributed by atoms with Gasteiger partial charge in [0.2, 0.25) is 5.91 Å². The molecule has 1 atom stereocenters. The van der Waals surface area contributed by atoms with Gasteiger partial charge < -0.3 is 4.90 Å². The molecule has 2 aliphatic rings. The molecule has 2 fully saturated rings. The van der Waals surface area contributed by atoms with Gasteiger partial charge in [0, 0.05) is 19.1 Å². The number of rotatable bonds is 2. The first-order chi connectivity index (χ1) is 7.74. The average molecular weight is 221 g/mol. The Balaban J connectivity index is 2.05. The van der Waals surface area contributed by atoms with E-state index < -0.39 is 0 Å². The number of piperazine rings is 1. The van der Waals surface area contributed by atoms with Gasteiger partial charge in [-0.25, -0.2) is 0 Å². The number of hydrogen-bond acceptors (Lipinski definition) is 3. The van der Waals surface area contributed by atoms with E-state index in [-0.39, 0.29) is 11.9 Å². The highest BCUT2D eigenvalue weighted by molar-refractivity contribution is 5.83. The summed E-state index contributed by atoms with van der Waals surface area (Å²) in [6.45, 7) is 1.73. The summed E-state index contributed by atoms with van der Waals surface area (Å²) in [5, 5.41) is 8.76. The molecule has 0 radical (unpaired) electrons. The maximum absolute atomic E-state index is 12.2. The van der Waals surface area contributed by atoms with Crippen molar-refractivity contribution in [1.82, 2.24) is 9.80 Å². The lowest BCUT2D eigenvalue weighted by atomic mass is 10.1. The van der Waals surface area contributed by atoms with Crippen LogP contribution >= 0.6 is 0 Å². The zero-order chi connectivity index (χ0) is 11.5. The van der Waals surface area contributed by atoms with E-state index in [0.717, 1.165) is 25.9 Å². The van der Waals surface area contributed by atoms with Gasteiger partial charge in [-0.2, -0.15) is 5.26 Å². The van der Waals surface area contributed by atoms with Crippen molar-refractivity contribution in [2.24, 2.45) is 0 Å². The molecular weight excluding hydrogens is 202 g/mol. The molecule has 1 aliphatic carbocycles. The summed E-state index contributed by atoms with van der Waals surface area (Å²) in [6.07, 6.45) is 5.10. The molecule has 16 heavy (non-hydrogen) atoms. The first-order valence-corrected chi connectivity index (χ1v) is 6.11. The van der Waals surface area contributed by atoms with Gasteiger partial charge in [-0.1, -0.05) is 12.8 Å². The number of nitrogens with zero attached hydrogens (tertiary/aromatic N) is 3. The second kappa shape index (κ2) is 4.84. The number of carbonyl (C=O) groups is 1. The Morgan fingerprint density at radius 1 is 1.38 bits per heavy atom. The smallest absolute Gasteiger partial charge is 0.241 e. The van der Waals surface area contributed by atoms with Gasteiger partial charge in [0.05, 0.1) is 12.5 Å². The first kappa shape index (κ1) is 11.4. The Labute approximate surface area is 96.8 Å². The summed E-state index contributed by atoms with van der Waals surface area (Å²) in [7, 11) is 1.94. The van der Waals surface area contributed by atoms with E-state index in [2.05, 4.69) is 6.07 Å². The molecule has 1 unspecified atom stereocenters. The minimum atomic E-state index is -0.209. The zero-order valence-corrected chi connectivity index (χ0v) is 9.85. The van der Waals surface area contributed by atoms with Crippen LogP contribution in [-0.2, 0) is 4.79 Å². The van der Waals surface area contributed by atoms with Crippen LogP contribution in [0.15, 0.2) is 0 Å². The fourth-order valence-electron chi connectivity index (χ4n) is 2.82. The minimum absolute atomic E-state index is 0.169. The summed E-state index contributed by atoms with van der Waals surface area (Å²) in [4.78, 5) is 16.3. The molecule has 4 nitrogen and oxygen atoms in total. The van der Waals surface area contributed by atoms with Crippen LogP contribution in [-0.4, -0.2) is 47.9 Å². The van der Waals surface area contributed by atoms with Gasteiger partial charge in [-0.15, -0.1) is 0 Å². The van der Waals surface area contributed by atoms with Crippen LogP contribution in [0, 0.1) is 11.3 Å². The number of likely N-dealkylation sites (N-methyl/N-ethyl adjacent to an activating group) is 1. The SMILES string of the molecule is CN1CCN(C2CCCC2)C(=O)C1CC#N. The summed E-state index contributed by atoms with van der Waals surface area (Å²) < 4.78 is 0. The van der Waals surface area contributed by atoms with Crippen molar-refractivity contribution in [2.45, 2.75) is 44.2 Å². The Hall–Kier alpha value is -1.08. The van der Waals surface area contributed by atoms with Gasteiger partial charge in [-0.05, 0) is 19.9 Å². The average Bonchev–Trinajstić information content (AvgIpc) is 2.77. The predicted molar refractivity (Wildman–Crippen MR) is 60.6 cm³/mol. The van der Waals surface area contributed by atoms with E-state index in [1.165, 1.54) is 12.8 Å². The van der Waals surface area contributed by atoms with E-state index in [9.17, 15) is 4.79 Å². The normalized spacial score (nSPS) is 28.4. The molecule has 0 aromatic heterocycles. The van der Waals surface area contributed by atoms with E-state index in [4.69, 9.17) is 5.26 Å². The maximum atomic E-state index is 12.2. The zero-order valence-electron chi connectivity index (χ0n) is 9.85. The second-order valence-corrected chi connectivity index (χ2v) is 4.83. The Morgan fingerprint density at radius 3 is 2.69 bits per heavy atom. The molecule has 4 heteroatoms. The number of carbonyl (C=O) groups excluding carboxylic acids is 1. The predicted octanol–water partition coefficient (Wildman–Crippen LogP) is 0.985. The van der Waals surface area contributed by atoms with Crippen LogP contribution in [0.3, 0.4) is 0 Å². The molecule has 1 amide bonds. The van der Waals surface area contributed by atoms with Gasteiger partial charge in [-0.3, -0.25) is 9.69 Å². The summed E-state index contributed by atoms with van der Waals surface area (Å²) >= 11 is 0. The fourth-order valence-corrected chi connectivity index (χ4v) is 2.82. The quantitative estimate of drug-likeness (QED) is 0.698. The molecule has 88 valence electrons. The molecule has 0 bridgehead atoms. The summed E-state index contributed by atoms with van der Waals surface area (Å²) in [6, 6.07) is 2.36. The van der Waals surface area contributed by atoms with Gasteiger partial charge >= 0.3 is 0 Å². The van der Waals surface area contributed by atoms with Crippen molar-refractivity contribution in [2.75, 3.05) is 20.1 Å². The van der Waals surface area contributed by atoms with E-state index in [1.54, 1.807) is 0 Å². The van der Waals surface area contributed by atoms with Gasteiger partial charge in [0.15, 0.2) is 0 Å². The molecule has 0 N–H and O–H groups in total. The van der Waals surface area contributed by atoms with Crippen molar-refractivity contribution in [3.8, 4) is 6.07 Å². The molecule has 1 saturated heterocycles. The Morgan fingerprint density at radius 2 is 2.06 bits per heavy atom. The van der Waals surface area contributed by atoms with Crippen molar-refractivity contribution >= 4 is 5.91 Å². The number of amides is 1. The number of hydrogen-bond donors (Lipinski definition) is 0. The molecule has 0 aromatic carbocycles. The van der Waals surface area contributed by atoms with Gasteiger partial charge in [0.1, 0.15) is 6.04 Å². The third kappa shape index (κ3) is 2.05. The Kier molecular flexibility index (Phi) is 3.45. The lowest BCUT2D eigenvalue weighted by Gasteiger charge is -2.40. The van der Waals surface area contributed by atoms with Crippen LogP contribution in [0.5, 0.6) is 0 Å². The third-order valence-corrected chi connectivity index (χ3v) is 3.84. The van der Waals surface area contributed by atoms with E-state index >= 15 is 0 Å². The van der Waals surface area contributed by atoms with E-state index in [1.807, 2.05) is 16.8 Å². The molecule has 2 rings (SSSR count). The van der Waals surface area contributed by atoms with Crippen LogP contribution in [0.2, 0.25) is 0 Å². The monoisotopic (exact) mass is 221 g/mol. The number of nitriles is 1. The molecular formula is C12H19N3O. The van der Waals surface area contributed by atoms with Crippen LogP contribution in [0.25, 0.3) is 0 Å². The standard InChI is InChI=1S/C12H19N3O/c1-14-8-9-15(10-4-2-3-5-10)12(16)11(14)6-7-13/h10-11H,2-6,8-9H2,1H3. The van der Waals surface area contributed by atoms with Crippen molar-refractivity contribution in [3.05, 3.63) is 0 Å². The molecule has 1 saturated carbocycles. The van der Waals surface area contributed by atoms with E-state index in [0.29, 0.717) is 12.5 Å². The highest BCUT2D eigenvalue weighted by Crippen LogP contribution is 2.26. The van der Waals surface area contributed by atoms with Crippen molar-refractivity contribution < 1.29 is 4.79 Å². The van der Waals surface area contributed by atoms with Crippen LogP contribution < -0.4 is 0 Å². The minimum Gasteiger partial charge on any atom is -0.337 e. The Bertz CT molecular complexity index is 304. The van der Waals surface area contributed by atoms with Crippen molar-refractivity contribution in [3.63, 3.8) is 0 Å². The molecule has 0 aromatic rings. The summed E-state index contributed by atoms with van der Waals surface area (Å²) in [5.41, 5.74) is 0. The fraction of sp³-hybridized carbons (Fsp3) is 0.833. The largest absolute Gasteiger partial charge is 0.337 e. The summed E-state index contributed by atoms with van der Waals surface area (Å²) in [5.74, 6) is 0.169. The molecule has 1 aliphatic heterocycles. The van der Waals surface area contributed by atoms with Crippen LogP contribution in [0.4, 0.5) is 0 Å². The van der Waals surface area contributed by atoms with Gasteiger partial charge in [0.25, 0.3) is 0 Å². The van der Waals surface area contributed by atoms with Crippen LogP contribution in [0.1, 0.15) is 32.1 Å². The second-order valence-electron chi connectivity index (χ2n) is 4.83. The topological polar surface area (TPSA) is 47.3 Å². The first-order valence-electron chi connectivity index (χ1n) is 6.11. The molecule has 1 heterocycles. The molecule has 0 spiro atoms. The highest BCUT2D eigenvalue weighted by atomic mass is 16.2. The van der Waals surface area contributed by atoms with Crippen molar-refractivity contribution in [1.29, 1.82) is 5.26 Å². The lowest BCUT2D eigenvalue weighted by Crippen LogP contribution is -2.57.